The zero-order chi connectivity index (χ0) is 17.2. The molecule has 0 bridgehead atoms. The number of carbonyl (C=O) groups is 1. The van der Waals surface area contributed by atoms with Gasteiger partial charge in [0, 0.05) is 11.1 Å². The van der Waals surface area contributed by atoms with Crippen molar-refractivity contribution in [1.82, 2.24) is 25.4 Å². The van der Waals surface area contributed by atoms with E-state index in [1.807, 2.05) is 43.3 Å². The van der Waals surface area contributed by atoms with Crippen LogP contribution in [0.15, 0.2) is 53.1 Å². The summed E-state index contributed by atoms with van der Waals surface area (Å²) in [6.45, 7) is 2.06. The molecule has 0 fully saturated rings. The predicted octanol–water partition coefficient (Wildman–Crippen LogP) is 2.85. The summed E-state index contributed by atoms with van der Waals surface area (Å²) in [5.41, 5.74) is 3.05. The van der Waals surface area contributed by atoms with Crippen LogP contribution in [0, 0.1) is 6.92 Å². The van der Waals surface area contributed by atoms with E-state index in [0.717, 1.165) is 22.4 Å². The Morgan fingerprint density at radius 2 is 2.00 bits per heavy atom. The molecule has 0 unspecified atom stereocenters. The first-order valence-electron chi connectivity index (χ1n) is 7.81. The minimum absolute atomic E-state index is 0.190. The number of imidazole rings is 1. The van der Waals surface area contributed by atoms with Gasteiger partial charge >= 0.3 is 0 Å². The predicted molar refractivity (Wildman–Crippen MR) is 91.7 cm³/mol. The maximum absolute atomic E-state index is 12.3. The van der Waals surface area contributed by atoms with Crippen molar-refractivity contribution in [2.24, 2.45) is 0 Å². The number of amides is 1. The Hall–Kier alpha value is -3.48. The fourth-order valence-corrected chi connectivity index (χ4v) is 2.56. The van der Waals surface area contributed by atoms with Crippen molar-refractivity contribution in [3.8, 4) is 11.5 Å². The molecule has 0 aliphatic heterocycles. The second-order valence-corrected chi connectivity index (χ2v) is 5.62. The number of hydrogen-bond donors (Lipinski definition) is 2. The first-order chi connectivity index (χ1) is 12.2. The van der Waals surface area contributed by atoms with Crippen molar-refractivity contribution >= 4 is 16.9 Å². The molecule has 1 amide bonds. The summed E-state index contributed by atoms with van der Waals surface area (Å²) in [5.74, 6) is 1.46. The van der Waals surface area contributed by atoms with Gasteiger partial charge in [0.1, 0.15) is 5.82 Å². The number of benzene rings is 2. The van der Waals surface area contributed by atoms with Gasteiger partial charge in [0.05, 0.1) is 17.6 Å². The minimum Gasteiger partial charge on any atom is -0.345 e. The van der Waals surface area contributed by atoms with Gasteiger partial charge in [-0.2, -0.15) is 4.98 Å². The van der Waals surface area contributed by atoms with Gasteiger partial charge in [0.2, 0.25) is 0 Å². The van der Waals surface area contributed by atoms with E-state index in [9.17, 15) is 4.79 Å². The number of H-pyrrole nitrogens is 1. The summed E-state index contributed by atoms with van der Waals surface area (Å²) < 4.78 is 5.22. The first-order valence-corrected chi connectivity index (χ1v) is 7.81. The highest BCUT2D eigenvalue weighted by Gasteiger charge is 2.11. The first kappa shape index (κ1) is 15.1. The number of nitrogens with one attached hydrogen (secondary N) is 2. The van der Waals surface area contributed by atoms with Crippen LogP contribution < -0.4 is 5.32 Å². The summed E-state index contributed by atoms with van der Waals surface area (Å²) >= 11 is 0. The second-order valence-electron chi connectivity index (χ2n) is 5.62. The molecule has 2 heterocycles. The summed E-state index contributed by atoms with van der Waals surface area (Å²) in [7, 11) is 0. The lowest BCUT2D eigenvalue weighted by Gasteiger charge is -2.02. The lowest BCUT2D eigenvalue weighted by atomic mass is 10.2. The molecule has 0 spiro atoms. The van der Waals surface area contributed by atoms with E-state index in [2.05, 4.69) is 25.4 Å². The van der Waals surface area contributed by atoms with Crippen molar-refractivity contribution in [1.29, 1.82) is 0 Å². The molecule has 0 aliphatic carbocycles. The molecule has 7 heteroatoms. The summed E-state index contributed by atoms with van der Waals surface area (Å²) in [5, 5.41) is 6.69. The van der Waals surface area contributed by atoms with Crippen molar-refractivity contribution < 1.29 is 9.32 Å². The van der Waals surface area contributed by atoms with Crippen molar-refractivity contribution in [2.75, 3.05) is 0 Å². The molecule has 0 atom stereocenters. The third-order valence-corrected chi connectivity index (χ3v) is 3.76. The molecule has 0 aliphatic rings. The van der Waals surface area contributed by atoms with Gasteiger partial charge in [-0.3, -0.25) is 4.79 Å². The Morgan fingerprint density at radius 1 is 1.16 bits per heavy atom. The van der Waals surface area contributed by atoms with Gasteiger partial charge in [-0.1, -0.05) is 23.4 Å². The van der Waals surface area contributed by atoms with E-state index in [4.69, 9.17) is 4.52 Å². The number of fused-ring (bicyclic) bond motifs is 1. The Labute approximate surface area is 143 Å². The minimum atomic E-state index is -0.208. The molecule has 7 nitrogen and oxygen atoms in total. The Balaban J connectivity index is 1.45. The number of rotatable bonds is 4. The lowest BCUT2D eigenvalue weighted by Crippen LogP contribution is -2.23. The molecule has 25 heavy (non-hydrogen) atoms. The van der Waals surface area contributed by atoms with E-state index in [0.29, 0.717) is 17.3 Å². The Kier molecular flexibility index (Phi) is 3.74. The van der Waals surface area contributed by atoms with Crippen LogP contribution in [0.25, 0.3) is 22.5 Å². The van der Waals surface area contributed by atoms with Crippen LogP contribution in [-0.2, 0) is 6.54 Å². The van der Waals surface area contributed by atoms with Crippen LogP contribution in [-0.4, -0.2) is 26.0 Å². The van der Waals surface area contributed by atoms with E-state index in [1.54, 1.807) is 12.1 Å². The van der Waals surface area contributed by atoms with Gasteiger partial charge in [0.15, 0.2) is 5.82 Å². The van der Waals surface area contributed by atoms with E-state index < -0.39 is 0 Å². The number of aryl methyl sites for hydroxylation is 1. The van der Waals surface area contributed by atoms with Gasteiger partial charge < -0.3 is 14.8 Å². The van der Waals surface area contributed by atoms with Crippen LogP contribution in [0.4, 0.5) is 0 Å². The molecule has 0 saturated heterocycles. The monoisotopic (exact) mass is 333 g/mol. The van der Waals surface area contributed by atoms with E-state index >= 15 is 0 Å². The van der Waals surface area contributed by atoms with Crippen molar-refractivity contribution in [3.63, 3.8) is 0 Å². The maximum Gasteiger partial charge on any atom is 0.257 e. The molecule has 4 rings (SSSR count). The smallest absolute Gasteiger partial charge is 0.257 e. The van der Waals surface area contributed by atoms with Crippen molar-refractivity contribution in [2.45, 2.75) is 13.5 Å². The molecule has 4 aromatic rings. The number of aromatic amines is 1. The molecule has 0 radical (unpaired) electrons. The average Bonchev–Trinajstić information content (AvgIpc) is 3.25. The molecule has 124 valence electrons. The molecule has 2 aromatic heterocycles. The topological polar surface area (TPSA) is 96.7 Å². The summed E-state index contributed by atoms with van der Waals surface area (Å²) in [6.07, 6.45) is 0. The quantitative estimate of drug-likeness (QED) is 0.598. The van der Waals surface area contributed by atoms with Gasteiger partial charge in [0.25, 0.3) is 11.8 Å². The highest BCUT2D eigenvalue weighted by Crippen LogP contribution is 2.16. The molecule has 2 N–H and O–H groups in total. The average molecular weight is 333 g/mol. The standard InChI is InChI=1S/C18H15N5O2/c1-11-20-14-8-7-13(9-15(14)21-11)17(24)19-10-16-22-18(25-23-16)12-5-3-2-4-6-12/h2-9H,10H2,1H3,(H,19,24)(H,20,21). The third kappa shape index (κ3) is 3.12. The maximum atomic E-state index is 12.3. The molecule has 2 aromatic carbocycles. The SMILES string of the molecule is Cc1nc2ccc(C(=O)NCc3noc(-c4ccccc4)n3)cc2[nH]1. The van der Waals surface area contributed by atoms with Gasteiger partial charge in [-0.25, -0.2) is 4.98 Å². The highest BCUT2D eigenvalue weighted by atomic mass is 16.5. The van der Waals surface area contributed by atoms with Crippen LogP contribution in [0.5, 0.6) is 0 Å². The second kappa shape index (κ2) is 6.20. The lowest BCUT2D eigenvalue weighted by molar-refractivity contribution is 0.0949. The Morgan fingerprint density at radius 3 is 2.84 bits per heavy atom. The van der Waals surface area contributed by atoms with Crippen LogP contribution in [0.1, 0.15) is 22.0 Å². The normalized spacial score (nSPS) is 10.9. The summed E-state index contributed by atoms with van der Waals surface area (Å²) in [4.78, 5) is 24.0. The fraction of sp³-hybridized carbons (Fsp3) is 0.111. The fourth-order valence-electron chi connectivity index (χ4n) is 2.56. The zero-order valence-electron chi connectivity index (χ0n) is 13.5. The van der Waals surface area contributed by atoms with Gasteiger partial charge in [-0.15, -0.1) is 0 Å². The van der Waals surface area contributed by atoms with E-state index in [1.165, 1.54) is 0 Å². The Bertz CT molecular complexity index is 1040. The highest BCUT2D eigenvalue weighted by molar-refractivity contribution is 5.97. The van der Waals surface area contributed by atoms with E-state index in [-0.39, 0.29) is 12.5 Å². The van der Waals surface area contributed by atoms with Crippen molar-refractivity contribution in [3.05, 3.63) is 65.7 Å². The number of aromatic nitrogens is 4. The third-order valence-electron chi connectivity index (χ3n) is 3.76. The van der Waals surface area contributed by atoms with Crippen LogP contribution in [0.3, 0.4) is 0 Å². The number of hydrogen-bond acceptors (Lipinski definition) is 5. The number of carbonyl (C=O) groups excluding carboxylic acids is 1. The largest absolute Gasteiger partial charge is 0.345 e. The van der Waals surface area contributed by atoms with Crippen LogP contribution in [0.2, 0.25) is 0 Å². The molecular weight excluding hydrogens is 318 g/mol. The molecular formula is C18H15N5O2. The zero-order valence-corrected chi connectivity index (χ0v) is 13.5. The van der Waals surface area contributed by atoms with Crippen LogP contribution >= 0.6 is 0 Å². The van der Waals surface area contributed by atoms with Gasteiger partial charge in [-0.05, 0) is 37.3 Å². The number of nitrogens with zero attached hydrogens (tertiary/aromatic N) is 3. The summed E-state index contributed by atoms with van der Waals surface area (Å²) in [6, 6.07) is 14.8. The molecule has 0 saturated carbocycles.